The lowest BCUT2D eigenvalue weighted by Gasteiger charge is -2.18. The molecule has 1 aromatic rings. The lowest BCUT2D eigenvalue weighted by Crippen LogP contribution is -2.15. The second-order valence-electron chi connectivity index (χ2n) is 4.36. The molecule has 96 valence electrons. The summed E-state index contributed by atoms with van der Waals surface area (Å²) in [5, 5.41) is 0. The first kappa shape index (κ1) is 12.6. The number of aryl methyl sites for hydroxylation is 2. The van der Waals surface area contributed by atoms with Gasteiger partial charge in [-0.3, -0.25) is 0 Å². The summed E-state index contributed by atoms with van der Waals surface area (Å²) >= 11 is 0. The van der Waals surface area contributed by atoms with Gasteiger partial charge in [-0.1, -0.05) is 0 Å². The van der Waals surface area contributed by atoms with Crippen molar-refractivity contribution >= 4 is 11.9 Å². The standard InChI is InChI=1S/C14H16O4/c1-17-13(15)11-7-9-5-3-4-6-10(9)8-12(11)14(16)18-2/h7-8H,3-6H2,1-2H3. The molecule has 0 atom stereocenters. The van der Waals surface area contributed by atoms with Gasteiger partial charge in [-0.2, -0.15) is 0 Å². The molecule has 0 fully saturated rings. The summed E-state index contributed by atoms with van der Waals surface area (Å²) in [6.45, 7) is 0. The lowest BCUT2D eigenvalue weighted by molar-refractivity contribution is 0.0555. The highest BCUT2D eigenvalue weighted by molar-refractivity contribution is 6.03. The highest BCUT2D eigenvalue weighted by Crippen LogP contribution is 2.25. The number of benzene rings is 1. The van der Waals surface area contributed by atoms with Crippen LogP contribution in [0.25, 0.3) is 0 Å². The topological polar surface area (TPSA) is 52.6 Å². The number of methoxy groups -OCH3 is 2. The van der Waals surface area contributed by atoms with Crippen LogP contribution < -0.4 is 0 Å². The van der Waals surface area contributed by atoms with Crippen molar-refractivity contribution in [2.75, 3.05) is 14.2 Å². The summed E-state index contributed by atoms with van der Waals surface area (Å²) < 4.78 is 9.43. The Labute approximate surface area is 106 Å². The lowest BCUT2D eigenvalue weighted by atomic mass is 9.88. The van der Waals surface area contributed by atoms with Gasteiger partial charge in [0, 0.05) is 0 Å². The van der Waals surface area contributed by atoms with Gasteiger partial charge in [0.05, 0.1) is 25.3 Å². The molecular formula is C14H16O4. The predicted octanol–water partition coefficient (Wildman–Crippen LogP) is 2.14. The molecule has 0 saturated heterocycles. The van der Waals surface area contributed by atoms with Crippen molar-refractivity contribution in [1.29, 1.82) is 0 Å². The van der Waals surface area contributed by atoms with E-state index in [-0.39, 0.29) is 0 Å². The van der Waals surface area contributed by atoms with E-state index in [9.17, 15) is 9.59 Å². The van der Waals surface area contributed by atoms with Crippen molar-refractivity contribution in [3.05, 3.63) is 34.4 Å². The van der Waals surface area contributed by atoms with Crippen LogP contribution in [0.1, 0.15) is 44.7 Å². The largest absolute Gasteiger partial charge is 0.465 e. The number of fused-ring (bicyclic) bond motifs is 1. The van der Waals surface area contributed by atoms with Gasteiger partial charge in [0.25, 0.3) is 0 Å². The van der Waals surface area contributed by atoms with E-state index >= 15 is 0 Å². The van der Waals surface area contributed by atoms with Gasteiger partial charge in [-0.15, -0.1) is 0 Å². The number of ether oxygens (including phenoxy) is 2. The van der Waals surface area contributed by atoms with E-state index < -0.39 is 11.9 Å². The number of esters is 2. The van der Waals surface area contributed by atoms with Gasteiger partial charge < -0.3 is 9.47 Å². The van der Waals surface area contributed by atoms with Crippen molar-refractivity contribution in [2.24, 2.45) is 0 Å². The summed E-state index contributed by atoms with van der Waals surface area (Å²) in [4.78, 5) is 23.4. The van der Waals surface area contributed by atoms with E-state index in [0.717, 1.165) is 36.8 Å². The van der Waals surface area contributed by atoms with E-state index in [0.29, 0.717) is 11.1 Å². The Balaban J connectivity index is 2.54. The van der Waals surface area contributed by atoms with Crippen LogP contribution in [-0.4, -0.2) is 26.2 Å². The Bertz CT molecular complexity index is 446. The van der Waals surface area contributed by atoms with Gasteiger partial charge in [0.1, 0.15) is 0 Å². The molecule has 4 nitrogen and oxygen atoms in total. The molecule has 4 heteroatoms. The number of carbonyl (C=O) groups is 2. The zero-order valence-corrected chi connectivity index (χ0v) is 10.6. The molecule has 0 aromatic heterocycles. The predicted molar refractivity (Wildman–Crippen MR) is 65.8 cm³/mol. The quantitative estimate of drug-likeness (QED) is 0.752. The Morgan fingerprint density at radius 1 is 0.889 bits per heavy atom. The fourth-order valence-electron chi connectivity index (χ4n) is 2.34. The Kier molecular flexibility index (Phi) is 3.65. The van der Waals surface area contributed by atoms with Crippen molar-refractivity contribution in [3.8, 4) is 0 Å². The SMILES string of the molecule is COC(=O)c1cc2c(cc1C(=O)OC)CCCC2. The highest BCUT2D eigenvalue weighted by Gasteiger charge is 2.22. The molecule has 0 unspecified atom stereocenters. The summed E-state index contributed by atoms with van der Waals surface area (Å²) in [5.41, 5.74) is 2.86. The van der Waals surface area contributed by atoms with E-state index in [1.54, 1.807) is 12.1 Å². The van der Waals surface area contributed by atoms with Gasteiger partial charge >= 0.3 is 11.9 Å². The average Bonchev–Trinajstić information content (AvgIpc) is 2.44. The van der Waals surface area contributed by atoms with E-state index in [1.807, 2.05) is 0 Å². The van der Waals surface area contributed by atoms with Crippen molar-refractivity contribution in [1.82, 2.24) is 0 Å². The first-order valence-electron chi connectivity index (χ1n) is 5.99. The summed E-state index contributed by atoms with van der Waals surface area (Å²) in [6.07, 6.45) is 4.12. The third-order valence-corrected chi connectivity index (χ3v) is 3.29. The zero-order chi connectivity index (χ0) is 13.1. The van der Waals surface area contributed by atoms with E-state index in [2.05, 4.69) is 0 Å². The van der Waals surface area contributed by atoms with Crippen molar-refractivity contribution < 1.29 is 19.1 Å². The smallest absolute Gasteiger partial charge is 0.338 e. The average molecular weight is 248 g/mol. The number of hydrogen-bond donors (Lipinski definition) is 0. The molecule has 1 aliphatic rings. The fraction of sp³-hybridized carbons (Fsp3) is 0.429. The maximum atomic E-state index is 11.7. The minimum absolute atomic E-state index is 0.296. The van der Waals surface area contributed by atoms with Crippen LogP contribution >= 0.6 is 0 Å². The number of hydrogen-bond acceptors (Lipinski definition) is 4. The number of carbonyl (C=O) groups excluding carboxylic acids is 2. The van der Waals surface area contributed by atoms with Crippen LogP contribution in [0.4, 0.5) is 0 Å². The molecule has 0 amide bonds. The summed E-state index contributed by atoms with van der Waals surface area (Å²) in [7, 11) is 2.62. The number of rotatable bonds is 2. The van der Waals surface area contributed by atoms with Gasteiger partial charge in [0.2, 0.25) is 0 Å². The molecule has 1 aromatic carbocycles. The second-order valence-corrected chi connectivity index (χ2v) is 4.36. The van der Waals surface area contributed by atoms with Crippen molar-refractivity contribution in [3.63, 3.8) is 0 Å². The fourth-order valence-corrected chi connectivity index (χ4v) is 2.34. The molecule has 18 heavy (non-hydrogen) atoms. The van der Waals surface area contributed by atoms with Crippen molar-refractivity contribution in [2.45, 2.75) is 25.7 Å². The molecule has 0 heterocycles. The highest BCUT2D eigenvalue weighted by atomic mass is 16.5. The van der Waals surface area contributed by atoms with Crippen LogP contribution in [0, 0.1) is 0 Å². The molecular weight excluding hydrogens is 232 g/mol. The molecule has 2 rings (SSSR count). The molecule has 0 spiro atoms. The van der Waals surface area contributed by atoms with Crippen LogP contribution in [-0.2, 0) is 22.3 Å². The second kappa shape index (κ2) is 5.21. The minimum atomic E-state index is -0.497. The van der Waals surface area contributed by atoms with E-state index in [4.69, 9.17) is 9.47 Å². The Morgan fingerprint density at radius 3 is 1.61 bits per heavy atom. The summed E-state index contributed by atoms with van der Waals surface area (Å²) in [6, 6.07) is 3.54. The molecule has 0 saturated carbocycles. The third-order valence-electron chi connectivity index (χ3n) is 3.29. The normalized spacial score (nSPS) is 13.7. The maximum Gasteiger partial charge on any atom is 0.338 e. The first-order chi connectivity index (χ1) is 8.67. The molecule has 1 aliphatic carbocycles. The van der Waals surface area contributed by atoms with Crippen LogP contribution in [0.5, 0.6) is 0 Å². The zero-order valence-electron chi connectivity index (χ0n) is 10.6. The third kappa shape index (κ3) is 2.23. The van der Waals surface area contributed by atoms with Crippen LogP contribution in [0.3, 0.4) is 0 Å². The van der Waals surface area contributed by atoms with Gasteiger partial charge in [-0.25, -0.2) is 9.59 Å². The van der Waals surface area contributed by atoms with Gasteiger partial charge in [0.15, 0.2) is 0 Å². The first-order valence-corrected chi connectivity index (χ1v) is 5.99. The monoisotopic (exact) mass is 248 g/mol. The van der Waals surface area contributed by atoms with E-state index in [1.165, 1.54) is 14.2 Å². The molecule has 0 aliphatic heterocycles. The molecule has 0 N–H and O–H groups in total. The minimum Gasteiger partial charge on any atom is -0.465 e. The summed E-state index contributed by atoms with van der Waals surface area (Å²) in [5.74, 6) is -0.993. The Morgan fingerprint density at radius 2 is 1.28 bits per heavy atom. The Hall–Kier alpha value is -1.84. The van der Waals surface area contributed by atoms with Crippen LogP contribution in [0.15, 0.2) is 12.1 Å². The maximum absolute atomic E-state index is 11.7. The van der Waals surface area contributed by atoms with Crippen LogP contribution in [0.2, 0.25) is 0 Å². The molecule has 0 bridgehead atoms. The van der Waals surface area contributed by atoms with Gasteiger partial charge in [-0.05, 0) is 48.9 Å². The molecule has 0 radical (unpaired) electrons.